The first kappa shape index (κ1) is 19.6. The van der Waals surface area contributed by atoms with Crippen LogP contribution in [-0.4, -0.2) is 24.5 Å². The Morgan fingerprint density at radius 2 is 1.97 bits per heavy atom. The molecule has 0 spiro atoms. The first-order chi connectivity index (χ1) is 15.1. The van der Waals surface area contributed by atoms with Gasteiger partial charge in [0.25, 0.3) is 5.56 Å². The molecule has 5 aromatic rings. The van der Waals surface area contributed by atoms with Crippen molar-refractivity contribution in [3.8, 4) is 17.1 Å². The third kappa shape index (κ3) is 3.75. The molecule has 0 aliphatic heterocycles. The first-order valence-corrected chi connectivity index (χ1v) is 10.8. The minimum absolute atomic E-state index is 0.276. The summed E-state index contributed by atoms with van der Waals surface area (Å²) in [6.07, 6.45) is 1.39. The van der Waals surface area contributed by atoms with Crippen molar-refractivity contribution in [2.45, 2.75) is 17.8 Å². The highest BCUT2D eigenvalue weighted by atomic mass is 35.5. The molecular formula is C22H16ClN5O2S. The third-order valence-electron chi connectivity index (χ3n) is 4.74. The van der Waals surface area contributed by atoms with E-state index in [0.717, 1.165) is 22.7 Å². The van der Waals surface area contributed by atoms with Gasteiger partial charge in [-0.1, -0.05) is 47.6 Å². The molecule has 5 rings (SSSR count). The van der Waals surface area contributed by atoms with E-state index in [1.165, 1.54) is 18.1 Å². The van der Waals surface area contributed by atoms with Gasteiger partial charge in [0.05, 0.1) is 12.0 Å². The monoisotopic (exact) mass is 449 g/mol. The van der Waals surface area contributed by atoms with Gasteiger partial charge in [0.2, 0.25) is 5.89 Å². The standard InChI is InChI=1S/C22H16ClN5O2S/c1-13-17(26-21(30-13)14-6-5-7-15(23)10-14)11-31-22-27-18-19(24-12-25-20(18)29)28(22)16-8-3-2-4-9-16/h2-10,12H,11H2,1H3,(H,24,25,29). The zero-order valence-electron chi connectivity index (χ0n) is 16.4. The molecule has 0 fully saturated rings. The molecule has 154 valence electrons. The molecule has 9 heteroatoms. The summed E-state index contributed by atoms with van der Waals surface area (Å²) in [4.78, 5) is 28.4. The highest BCUT2D eigenvalue weighted by Crippen LogP contribution is 2.30. The van der Waals surface area contributed by atoms with Crippen LogP contribution in [-0.2, 0) is 5.75 Å². The van der Waals surface area contributed by atoms with Crippen LogP contribution < -0.4 is 5.56 Å². The highest BCUT2D eigenvalue weighted by Gasteiger charge is 2.18. The number of halogens is 1. The number of fused-ring (bicyclic) bond motifs is 1. The molecule has 2 aromatic carbocycles. The summed E-state index contributed by atoms with van der Waals surface area (Å²) in [5, 5.41) is 1.27. The van der Waals surface area contributed by atoms with Crippen molar-refractivity contribution in [2.24, 2.45) is 0 Å². The van der Waals surface area contributed by atoms with Crippen LogP contribution in [0.5, 0.6) is 0 Å². The molecule has 0 radical (unpaired) electrons. The molecule has 31 heavy (non-hydrogen) atoms. The summed E-state index contributed by atoms with van der Waals surface area (Å²) in [5.41, 5.74) is 3.02. The molecule has 0 amide bonds. The van der Waals surface area contributed by atoms with E-state index in [9.17, 15) is 4.79 Å². The van der Waals surface area contributed by atoms with E-state index < -0.39 is 0 Å². The maximum absolute atomic E-state index is 12.3. The van der Waals surface area contributed by atoms with Gasteiger partial charge in [0, 0.05) is 22.0 Å². The lowest BCUT2D eigenvalue weighted by Gasteiger charge is -2.07. The number of nitrogens with one attached hydrogen (secondary N) is 1. The Hall–Kier alpha value is -3.36. The van der Waals surface area contributed by atoms with Crippen LogP contribution in [0.4, 0.5) is 0 Å². The second-order valence-electron chi connectivity index (χ2n) is 6.79. The molecular weight excluding hydrogens is 434 g/mol. The van der Waals surface area contributed by atoms with E-state index in [0.29, 0.717) is 33.0 Å². The average Bonchev–Trinajstić information content (AvgIpc) is 3.34. The Balaban J connectivity index is 1.51. The van der Waals surface area contributed by atoms with E-state index in [4.69, 9.17) is 16.0 Å². The number of thioether (sulfide) groups is 1. The van der Waals surface area contributed by atoms with Gasteiger partial charge < -0.3 is 9.40 Å². The van der Waals surface area contributed by atoms with Gasteiger partial charge in [-0.05, 0) is 37.3 Å². The predicted octanol–water partition coefficient (Wildman–Crippen LogP) is 5.02. The van der Waals surface area contributed by atoms with Crippen LogP contribution in [0, 0.1) is 6.92 Å². The lowest BCUT2D eigenvalue weighted by molar-refractivity contribution is 0.540. The molecule has 0 bridgehead atoms. The van der Waals surface area contributed by atoms with Crippen molar-refractivity contribution in [1.29, 1.82) is 0 Å². The number of aromatic amines is 1. The van der Waals surface area contributed by atoms with Gasteiger partial charge in [0.15, 0.2) is 16.3 Å². The molecule has 3 heterocycles. The molecule has 1 N–H and O–H groups in total. The van der Waals surface area contributed by atoms with Crippen molar-refractivity contribution in [3.05, 3.63) is 87.8 Å². The summed E-state index contributed by atoms with van der Waals surface area (Å²) in [5.74, 6) is 1.76. The summed E-state index contributed by atoms with van der Waals surface area (Å²) >= 11 is 7.56. The van der Waals surface area contributed by atoms with Crippen molar-refractivity contribution in [3.63, 3.8) is 0 Å². The van der Waals surface area contributed by atoms with Crippen molar-refractivity contribution < 1.29 is 4.42 Å². The quantitative estimate of drug-likeness (QED) is 0.379. The number of H-pyrrole nitrogens is 1. The minimum atomic E-state index is -0.276. The van der Waals surface area contributed by atoms with Crippen LogP contribution in [0.25, 0.3) is 28.3 Å². The number of para-hydroxylation sites is 1. The van der Waals surface area contributed by atoms with Gasteiger partial charge >= 0.3 is 0 Å². The van der Waals surface area contributed by atoms with Gasteiger partial charge in [0.1, 0.15) is 5.76 Å². The second kappa shape index (κ2) is 8.05. The van der Waals surface area contributed by atoms with Crippen LogP contribution in [0.15, 0.2) is 75.3 Å². The van der Waals surface area contributed by atoms with Crippen molar-refractivity contribution in [1.82, 2.24) is 24.5 Å². The molecule has 0 saturated heterocycles. The van der Waals surface area contributed by atoms with Crippen LogP contribution in [0.3, 0.4) is 0 Å². The second-order valence-corrected chi connectivity index (χ2v) is 8.17. The minimum Gasteiger partial charge on any atom is -0.441 e. The summed E-state index contributed by atoms with van der Waals surface area (Å²) in [6.45, 7) is 1.88. The summed E-state index contributed by atoms with van der Waals surface area (Å²) in [6, 6.07) is 17.1. The Morgan fingerprint density at radius 3 is 2.77 bits per heavy atom. The van der Waals surface area contributed by atoms with E-state index >= 15 is 0 Å². The number of rotatable bonds is 5. The highest BCUT2D eigenvalue weighted by molar-refractivity contribution is 7.98. The van der Waals surface area contributed by atoms with E-state index in [2.05, 4.69) is 19.9 Å². The molecule has 3 aromatic heterocycles. The van der Waals surface area contributed by atoms with E-state index in [1.54, 1.807) is 6.07 Å². The van der Waals surface area contributed by atoms with Gasteiger partial charge in [-0.15, -0.1) is 0 Å². The van der Waals surface area contributed by atoms with Gasteiger partial charge in [-0.2, -0.15) is 0 Å². The molecule has 0 atom stereocenters. The largest absolute Gasteiger partial charge is 0.441 e. The van der Waals surface area contributed by atoms with Crippen LogP contribution in [0.2, 0.25) is 5.02 Å². The third-order valence-corrected chi connectivity index (χ3v) is 5.92. The number of benzene rings is 2. The number of aryl methyl sites for hydroxylation is 1. The molecule has 0 aliphatic carbocycles. The average molecular weight is 450 g/mol. The Kier molecular flexibility index (Phi) is 5.09. The lowest BCUT2D eigenvalue weighted by atomic mass is 10.2. The summed E-state index contributed by atoms with van der Waals surface area (Å²) in [7, 11) is 0. The number of imidazole rings is 1. The van der Waals surface area contributed by atoms with Gasteiger partial charge in [-0.25, -0.2) is 15.0 Å². The normalized spacial score (nSPS) is 11.3. The SMILES string of the molecule is Cc1oc(-c2cccc(Cl)c2)nc1CSc1nc2c(=O)[nH]cnc2n1-c1ccccc1. The van der Waals surface area contributed by atoms with Crippen LogP contribution in [0.1, 0.15) is 11.5 Å². The van der Waals surface area contributed by atoms with E-state index in [1.807, 2.05) is 60.0 Å². The molecule has 0 aliphatic rings. The molecule has 0 saturated carbocycles. The summed E-state index contributed by atoms with van der Waals surface area (Å²) < 4.78 is 7.74. The number of aromatic nitrogens is 5. The van der Waals surface area contributed by atoms with Crippen molar-refractivity contribution in [2.75, 3.05) is 0 Å². The zero-order chi connectivity index (χ0) is 21.4. The topological polar surface area (TPSA) is 89.6 Å². The number of hydrogen-bond acceptors (Lipinski definition) is 6. The number of hydrogen-bond donors (Lipinski definition) is 1. The number of oxazole rings is 1. The number of nitrogens with zero attached hydrogens (tertiary/aromatic N) is 4. The Bertz CT molecular complexity index is 1440. The lowest BCUT2D eigenvalue weighted by Crippen LogP contribution is -2.07. The fourth-order valence-electron chi connectivity index (χ4n) is 3.23. The Morgan fingerprint density at radius 1 is 1.13 bits per heavy atom. The Labute approximate surface area is 186 Å². The van der Waals surface area contributed by atoms with Crippen LogP contribution >= 0.6 is 23.4 Å². The zero-order valence-corrected chi connectivity index (χ0v) is 17.9. The fraction of sp³-hybridized carbons (Fsp3) is 0.0909. The maximum Gasteiger partial charge on any atom is 0.278 e. The smallest absolute Gasteiger partial charge is 0.278 e. The van der Waals surface area contributed by atoms with Gasteiger partial charge in [-0.3, -0.25) is 9.36 Å². The maximum atomic E-state index is 12.3. The van der Waals surface area contributed by atoms with E-state index in [-0.39, 0.29) is 5.56 Å². The molecule has 0 unspecified atom stereocenters. The van der Waals surface area contributed by atoms with Crippen molar-refractivity contribution >= 4 is 34.5 Å². The first-order valence-electron chi connectivity index (χ1n) is 9.47. The molecule has 7 nitrogen and oxygen atoms in total. The predicted molar refractivity (Wildman–Crippen MR) is 121 cm³/mol. The fourth-order valence-corrected chi connectivity index (χ4v) is 4.43.